The molecule has 79 heavy (non-hydrogen) atoms. The van der Waals surface area contributed by atoms with Gasteiger partial charge in [0.2, 0.25) is 5.91 Å². The molecule has 0 saturated heterocycles. The van der Waals surface area contributed by atoms with Crippen LogP contribution in [0.15, 0.2) is 71.7 Å². The van der Waals surface area contributed by atoms with E-state index in [4.69, 9.17) is 47.2 Å². The summed E-state index contributed by atoms with van der Waals surface area (Å²) in [7, 11) is -2.86. The molecule has 0 aromatic heterocycles. The third-order valence-electron chi connectivity index (χ3n) is 12.6. The average Bonchev–Trinajstić information content (AvgIpc) is 3.46. The molecule has 4 rings (SSSR count). The molecular formula is C58H86N4NaO15P. The van der Waals surface area contributed by atoms with Crippen LogP contribution >= 0.6 is 7.82 Å². The molecule has 2 amide bonds. The number of phosphoric ester groups is 1. The molecule has 434 valence electrons. The van der Waals surface area contributed by atoms with Gasteiger partial charge in [-0.3, -0.25) is 18.9 Å². The maximum atomic E-state index is 12.3. The number of carbonyl (C=O) groups is 4. The number of amides is 2. The minimum Gasteiger partial charge on any atom is -0.756 e. The number of hydrogen-bond acceptors (Lipinski definition) is 17. The number of likely N-dealkylation sites (N-methyl/N-ethyl adjacent to an activating group) is 1. The summed E-state index contributed by atoms with van der Waals surface area (Å²) in [5, 5.41) is 5.00. The Bertz CT molecular complexity index is 2290. The van der Waals surface area contributed by atoms with Crippen molar-refractivity contribution in [2.24, 2.45) is 4.99 Å². The smallest absolute Gasteiger partial charge is 0.756 e. The molecular weight excluding hydrogens is 1050 g/mol. The standard InChI is InChI=1S/C58H87N4O15P.Na/c1-5-6-7-8-9-10-11-12-13-14-15-16-17-18-19-23-57(65)74-42-52(77-47(3)63)43-76-78(67,68)75-34-31-60-58(66)72-39-38-71-45-56(64)59-30-33-69-36-37-70-35-32-62(4)51-22-20-21-50(41-51)48-25-27-49(28-26-48)54-44-73-55-29-24-46(2)40-53(55)61-54;/h20-22,24-29,40-41,52H,5-19,23,30-39,42-45H2,1-4H3,(H,59,64)(H,60,66)(H,67,68);/q;+1/p-1. The van der Waals surface area contributed by atoms with Crippen LogP contribution in [-0.4, -0.2) is 135 Å². The number of rotatable bonds is 43. The van der Waals surface area contributed by atoms with Crippen LogP contribution in [0.4, 0.5) is 16.2 Å². The molecule has 2 atom stereocenters. The Balaban J connectivity index is 0.0000164. The van der Waals surface area contributed by atoms with Crippen molar-refractivity contribution >= 4 is 48.8 Å². The number of esters is 2. The molecule has 0 radical (unpaired) electrons. The third kappa shape index (κ3) is 31.4. The van der Waals surface area contributed by atoms with Crippen molar-refractivity contribution in [2.45, 2.75) is 130 Å². The first-order chi connectivity index (χ1) is 37.8. The number of unbranched alkanes of at least 4 members (excludes halogenated alkanes) is 14. The van der Waals surface area contributed by atoms with Crippen LogP contribution in [0.5, 0.6) is 5.75 Å². The fourth-order valence-electron chi connectivity index (χ4n) is 8.23. The van der Waals surface area contributed by atoms with E-state index in [2.05, 4.69) is 64.9 Å². The van der Waals surface area contributed by atoms with E-state index < -0.39 is 45.2 Å². The Hall–Kier alpha value is -4.40. The van der Waals surface area contributed by atoms with Gasteiger partial charge in [-0.1, -0.05) is 139 Å². The molecule has 0 fully saturated rings. The second-order valence-electron chi connectivity index (χ2n) is 19.2. The van der Waals surface area contributed by atoms with Crippen LogP contribution in [-0.2, 0) is 56.4 Å². The number of benzene rings is 3. The van der Waals surface area contributed by atoms with E-state index in [0.717, 1.165) is 71.3 Å². The summed E-state index contributed by atoms with van der Waals surface area (Å²) in [5.41, 5.74) is 7.20. The summed E-state index contributed by atoms with van der Waals surface area (Å²) in [6.07, 6.45) is 16.3. The first kappa shape index (κ1) is 68.9. The van der Waals surface area contributed by atoms with Crippen molar-refractivity contribution < 1.29 is 100 Å². The van der Waals surface area contributed by atoms with Gasteiger partial charge in [-0.2, -0.15) is 0 Å². The number of nitrogens with zero attached hydrogens (tertiary/aromatic N) is 2. The molecule has 0 saturated carbocycles. The summed E-state index contributed by atoms with van der Waals surface area (Å²) in [5.74, 6) is -0.756. The predicted molar refractivity (Wildman–Crippen MR) is 298 cm³/mol. The van der Waals surface area contributed by atoms with Crippen LogP contribution in [0.3, 0.4) is 0 Å². The number of alkyl carbamates (subject to hydrolysis) is 1. The number of nitrogens with one attached hydrogen (secondary N) is 2. The van der Waals surface area contributed by atoms with Gasteiger partial charge in [0.15, 0.2) is 6.10 Å². The number of hydrogen-bond donors (Lipinski definition) is 2. The van der Waals surface area contributed by atoms with Crippen molar-refractivity contribution in [1.29, 1.82) is 0 Å². The number of carbonyl (C=O) groups excluding carboxylic acids is 4. The summed E-state index contributed by atoms with van der Waals surface area (Å²) < 4.78 is 59.6. The SMILES string of the molecule is CCCCCCCCCCCCCCCCCC(=O)OCC(COP(=O)([O-])OCCNC(=O)OCCOCC(=O)NCCOCCOCCN(C)c1cccc(-c2ccc(C3=Nc4cc(C)ccc4OC3)cc2)c1)OC(C)=O.[Na+]. The second-order valence-corrected chi connectivity index (χ2v) is 20.7. The minimum atomic E-state index is -4.88. The Morgan fingerprint density at radius 1 is 0.696 bits per heavy atom. The first-order valence-corrected chi connectivity index (χ1v) is 29.3. The fraction of sp³-hybridized carbons (Fsp3) is 0.603. The summed E-state index contributed by atoms with van der Waals surface area (Å²) in [6.45, 7) is 6.11. The summed E-state index contributed by atoms with van der Waals surface area (Å²) in [6, 6.07) is 22.8. The van der Waals surface area contributed by atoms with Gasteiger partial charge in [0.05, 0.1) is 52.0 Å². The number of ether oxygens (including phenoxy) is 7. The molecule has 1 aliphatic heterocycles. The molecule has 21 heteroatoms. The van der Waals surface area contributed by atoms with Crippen molar-refractivity contribution in [3.8, 4) is 16.9 Å². The number of phosphoric acid groups is 1. The Morgan fingerprint density at radius 3 is 2.01 bits per heavy atom. The zero-order chi connectivity index (χ0) is 56.1. The second kappa shape index (κ2) is 41.6. The molecule has 3 aromatic rings. The first-order valence-electron chi connectivity index (χ1n) is 27.9. The number of fused-ring (bicyclic) bond motifs is 1. The van der Waals surface area contributed by atoms with Crippen molar-refractivity contribution in [3.05, 3.63) is 77.9 Å². The Labute approximate surface area is 490 Å². The van der Waals surface area contributed by atoms with Crippen LogP contribution in [0.2, 0.25) is 0 Å². The molecule has 0 aliphatic carbocycles. The van der Waals surface area contributed by atoms with Crippen LogP contribution < -0.4 is 54.7 Å². The zero-order valence-corrected chi connectivity index (χ0v) is 50.5. The van der Waals surface area contributed by atoms with Crippen LogP contribution in [0, 0.1) is 6.92 Å². The minimum absolute atomic E-state index is 0. The van der Waals surface area contributed by atoms with E-state index in [1.54, 1.807) is 0 Å². The van der Waals surface area contributed by atoms with Gasteiger partial charge >= 0.3 is 47.6 Å². The molecule has 0 spiro atoms. The molecule has 0 bridgehead atoms. The quantitative estimate of drug-likeness (QED) is 0.0196. The van der Waals surface area contributed by atoms with Gasteiger partial charge in [0.1, 0.15) is 37.9 Å². The van der Waals surface area contributed by atoms with Crippen molar-refractivity contribution in [2.75, 3.05) is 104 Å². The van der Waals surface area contributed by atoms with E-state index in [1.165, 1.54) is 70.6 Å². The molecule has 19 nitrogen and oxygen atoms in total. The van der Waals surface area contributed by atoms with Crippen LogP contribution in [0.1, 0.15) is 128 Å². The Morgan fingerprint density at radius 2 is 1.33 bits per heavy atom. The van der Waals surface area contributed by atoms with E-state index in [1.807, 2.05) is 38.2 Å². The van der Waals surface area contributed by atoms with E-state index in [0.29, 0.717) is 39.4 Å². The topological polar surface area (TPSA) is 231 Å². The largest absolute Gasteiger partial charge is 1.00 e. The molecule has 1 aliphatic rings. The van der Waals surface area contributed by atoms with E-state index in [9.17, 15) is 28.6 Å². The normalized spacial score (nSPS) is 12.9. The van der Waals surface area contributed by atoms with Gasteiger partial charge in [-0.25, -0.2) is 9.79 Å². The molecule has 1 heterocycles. The third-order valence-corrected chi connectivity index (χ3v) is 13.5. The predicted octanol–water partition coefficient (Wildman–Crippen LogP) is 6.75. The van der Waals surface area contributed by atoms with Gasteiger partial charge in [-0.15, -0.1) is 0 Å². The van der Waals surface area contributed by atoms with Gasteiger partial charge in [0.25, 0.3) is 7.82 Å². The van der Waals surface area contributed by atoms with Crippen molar-refractivity contribution in [1.82, 2.24) is 10.6 Å². The summed E-state index contributed by atoms with van der Waals surface area (Å²) >= 11 is 0. The monoisotopic (exact) mass is 1130 g/mol. The van der Waals surface area contributed by atoms with E-state index >= 15 is 0 Å². The Kier molecular flexibility index (Phi) is 36.2. The van der Waals surface area contributed by atoms with Gasteiger partial charge in [-0.05, 0) is 59.9 Å². The fourth-order valence-corrected chi connectivity index (χ4v) is 8.97. The molecule has 3 aromatic carbocycles. The number of anilines is 1. The molecule has 2 unspecified atom stereocenters. The average molecular weight is 1130 g/mol. The van der Waals surface area contributed by atoms with Crippen LogP contribution in [0.25, 0.3) is 11.1 Å². The number of aliphatic imine (C=N–C) groups is 1. The van der Waals surface area contributed by atoms with E-state index in [-0.39, 0.29) is 88.0 Å². The maximum Gasteiger partial charge on any atom is 1.00 e. The molecule has 2 N–H and O–H groups in total. The summed E-state index contributed by atoms with van der Waals surface area (Å²) in [4.78, 5) is 67.2. The van der Waals surface area contributed by atoms with Crippen molar-refractivity contribution in [3.63, 3.8) is 0 Å². The number of aryl methyl sites for hydroxylation is 1. The zero-order valence-electron chi connectivity index (χ0n) is 47.6. The van der Waals surface area contributed by atoms with Gasteiger partial charge in [0, 0.05) is 45.7 Å². The van der Waals surface area contributed by atoms with Gasteiger partial charge < -0.3 is 62.6 Å². The maximum absolute atomic E-state index is 12.3.